The van der Waals surface area contributed by atoms with Crippen molar-refractivity contribution in [1.29, 1.82) is 0 Å². The summed E-state index contributed by atoms with van der Waals surface area (Å²) in [4.78, 5) is 17.1. The van der Waals surface area contributed by atoms with Crippen molar-refractivity contribution in [3.8, 4) is 10.6 Å². The Bertz CT molecular complexity index is 588. The number of carbonyl (C=O) groups excluding carboxylic acids is 1. The first-order chi connectivity index (χ1) is 10.6. The Labute approximate surface area is 137 Å². The average molecular weight is 318 g/mol. The lowest BCUT2D eigenvalue weighted by molar-refractivity contribution is 0.100. The third kappa shape index (κ3) is 4.95. The van der Waals surface area contributed by atoms with Crippen molar-refractivity contribution < 1.29 is 4.79 Å². The number of hydrogen-bond acceptors (Lipinski definition) is 3. The molecule has 0 saturated carbocycles. The molecule has 0 spiro atoms. The molecule has 1 aromatic heterocycles. The molecule has 22 heavy (non-hydrogen) atoms. The Hall–Kier alpha value is -1.68. The molecule has 0 bridgehead atoms. The molecule has 1 aromatic carbocycles. The lowest BCUT2D eigenvalue weighted by Crippen LogP contribution is -2.10. The zero-order valence-electron chi connectivity index (χ0n) is 14.0. The lowest BCUT2D eigenvalue weighted by atomic mass is 10.1. The molecule has 2 rings (SSSR count). The topological polar surface area (TPSA) is 56.0 Å². The molecule has 0 saturated heterocycles. The van der Waals surface area contributed by atoms with Crippen LogP contribution in [0.5, 0.6) is 0 Å². The van der Waals surface area contributed by atoms with Crippen LogP contribution >= 0.6 is 11.3 Å². The monoisotopic (exact) mass is 318 g/mol. The molecule has 1 heterocycles. The van der Waals surface area contributed by atoms with Gasteiger partial charge in [0.15, 0.2) is 0 Å². The number of aromatic nitrogens is 1. The fourth-order valence-corrected chi connectivity index (χ4v) is 3.21. The number of thiazole rings is 1. The van der Waals surface area contributed by atoms with E-state index in [1.165, 1.54) is 24.1 Å². The molecule has 2 aromatic rings. The summed E-state index contributed by atoms with van der Waals surface area (Å²) in [6.45, 7) is 8.28. The molecular weight excluding hydrogens is 292 g/mol. The molecule has 0 radical (unpaired) electrons. The highest BCUT2D eigenvalue weighted by atomic mass is 32.1. The van der Waals surface area contributed by atoms with Crippen molar-refractivity contribution in [3.05, 3.63) is 40.4 Å². The van der Waals surface area contributed by atoms with E-state index in [-0.39, 0.29) is 0 Å². The van der Waals surface area contributed by atoms with E-state index in [1.54, 1.807) is 23.5 Å². The van der Waals surface area contributed by atoms with Crippen LogP contribution in [0.15, 0.2) is 24.3 Å². The summed E-state index contributed by atoms with van der Waals surface area (Å²) < 4.78 is 0. The molecule has 120 valence electrons. The van der Waals surface area contributed by atoms with Gasteiger partial charge in [0.05, 0.1) is 5.69 Å². The molecular formula is C18H26N2OS. The van der Waals surface area contributed by atoms with Gasteiger partial charge < -0.3 is 5.73 Å². The van der Waals surface area contributed by atoms with E-state index in [2.05, 4.69) is 18.8 Å². The normalized spacial score (nSPS) is 10.0. The predicted octanol–water partition coefficient (Wildman–Crippen LogP) is 4.98. The van der Waals surface area contributed by atoms with Crippen molar-refractivity contribution in [2.45, 2.75) is 53.4 Å². The number of aryl methyl sites for hydroxylation is 2. The Balaban J connectivity index is 0.00000116. The zero-order chi connectivity index (χ0) is 16.5. The SMILES string of the molecule is CC.CCCCCc1sc(-c2ccc(C(N)=O)cc2)nc1C. The molecule has 0 aliphatic carbocycles. The van der Waals surface area contributed by atoms with Gasteiger partial charge in [-0.05, 0) is 31.9 Å². The first-order valence-corrected chi connectivity index (χ1v) is 8.80. The number of nitrogens with zero attached hydrogens (tertiary/aromatic N) is 1. The third-order valence-electron chi connectivity index (χ3n) is 3.32. The van der Waals surface area contributed by atoms with E-state index in [0.717, 1.165) is 22.7 Å². The van der Waals surface area contributed by atoms with E-state index < -0.39 is 5.91 Å². The minimum absolute atomic E-state index is 0.396. The zero-order valence-corrected chi connectivity index (χ0v) is 14.8. The second kappa shape index (κ2) is 9.36. The summed E-state index contributed by atoms with van der Waals surface area (Å²) in [5.41, 5.74) is 7.95. The minimum Gasteiger partial charge on any atom is -0.366 e. The van der Waals surface area contributed by atoms with Gasteiger partial charge in [-0.1, -0.05) is 45.7 Å². The first-order valence-electron chi connectivity index (χ1n) is 7.98. The van der Waals surface area contributed by atoms with Crippen LogP contribution in [0, 0.1) is 6.92 Å². The van der Waals surface area contributed by atoms with E-state index >= 15 is 0 Å². The number of hydrogen-bond donors (Lipinski definition) is 1. The molecule has 0 aliphatic heterocycles. The molecule has 0 unspecified atom stereocenters. The number of nitrogens with two attached hydrogens (primary N) is 1. The number of carbonyl (C=O) groups is 1. The van der Waals surface area contributed by atoms with Gasteiger partial charge >= 0.3 is 0 Å². The van der Waals surface area contributed by atoms with Crippen molar-refractivity contribution in [2.75, 3.05) is 0 Å². The average Bonchev–Trinajstić information content (AvgIpc) is 2.91. The summed E-state index contributed by atoms with van der Waals surface area (Å²) in [5, 5.41) is 1.02. The van der Waals surface area contributed by atoms with Gasteiger partial charge in [-0.2, -0.15) is 0 Å². The first kappa shape index (κ1) is 18.4. The minimum atomic E-state index is -0.396. The highest BCUT2D eigenvalue weighted by Gasteiger charge is 2.09. The van der Waals surface area contributed by atoms with E-state index in [1.807, 2.05) is 26.0 Å². The second-order valence-corrected chi connectivity index (χ2v) is 6.01. The third-order valence-corrected chi connectivity index (χ3v) is 4.58. The number of primary amides is 1. The van der Waals surface area contributed by atoms with Crippen molar-refractivity contribution in [2.24, 2.45) is 5.73 Å². The Morgan fingerprint density at radius 2 is 1.82 bits per heavy atom. The molecule has 2 N–H and O–H groups in total. The van der Waals surface area contributed by atoms with Gasteiger partial charge in [-0.15, -0.1) is 11.3 Å². The number of unbranched alkanes of at least 4 members (excludes halogenated alkanes) is 2. The number of amides is 1. The Morgan fingerprint density at radius 3 is 2.36 bits per heavy atom. The molecule has 1 amide bonds. The molecule has 0 aliphatic rings. The highest BCUT2D eigenvalue weighted by molar-refractivity contribution is 7.15. The van der Waals surface area contributed by atoms with Crippen molar-refractivity contribution >= 4 is 17.2 Å². The van der Waals surface area contributed by atoms with Gasteiger partial charge in [-0.3, -0.25) is 4.79 Å². The summed E-state index contributed by atoms with van der Waals surface area (Å²) >= 11 is 1.75. The van der Waals surface area contributed by atoms with Gasteiger partial charge in [0.25, 0.3) is 0 Å². The van der Waals surface area contributed by atoms with E-state index in [4.69, 9.17) is 5.73 Å². The van der Waals surface area contributed by atoms with Crippen LogP contribution in [0.3, 0.4) is 0 Å². The standard InChI is InChI=1S/C16H20N2OS.C2H6/c1-3-4-5-6-14-11(2)18-16(20-14)13-9-7-12(8-10-13)15(17)19;1-2/h7-10H,3-6H2,1-2H3,(H2,17,19);1-2H3. The van der Waals surface area contributed by atoms with Crippen LogP contribution in [-0.4, -0.2) is 10.9 Å². The van der Waals surface area contributed by atoms with Crippen LogP contribution < -0.4 is 5.73 Å². The van der Waals surface area contributed by atoms with Gasteiger partial charge in [0, 0.05) is 16.0 Å². The fraction of sp³-hybridized carbons (Fsp3) is 0.444. The fourth-order valence-electron chi connectivity index (χ4n) is 2.10. The van der Waals surface area contributed by atoms with Gasteiger partial charge in [0.2, 0.25) is 5.91 Å². The van der Waals surface area contributed by atoms with Gasteiger partial charge in [-0.25, -0.2) is 4.98 Å². The van der Waals surface area contributed by atoms with Crippen molar-refractivity contribution in [3.63, 3.8) is 0 Å². The quantitative estimate of drug-likeness (QED) is 0.764. The van der Waals surface area contributed by atoms with Crippen LogP contribution in [0.2, 0.25) is 0 Å². The lowest BCUT2D eigenvalue weighted by Gasteiger charge is -1.98. The smallest absolute Gasteiger partial charge is 0.248 e. The molecule has 3 nitrogen and oxygen atoms in total. The van der Waals surface area contributed by atoms with Crippen LogP contribution in [-0.2, 0) is 6.42 Å². The maximum atomic E-state index is 11.1. The Kier molecular flexibility index (Phi) is 7.82. The van der Waals surface area contributed by atoms with Crippen molar-refractivity contribution in [1.82, 2.24) is 4.98 Å². The summed E-state index contributed by atoms with van der Waals surface area (Å²) in [7, 11) is 0. The maximum absolute atomic E-state index is 11.1. The highest BCUT2D eigenvalue weighted by Crippen LogP contribution is 2.29. The largest absolute Gasteiger partial charge is 0.366 e. The molecule has 0 atom stereocenters. The molecule has 4 heteroatoms. The van der Waals surface area contributed by atoms with Crippen LogP contribution in [0.1, 0.15) is 61.0 Å². The Morgan fingerprint density at radius 1 is 1.18 bits per heavy atom. The summed E-state index contributed by atoms with van der Waals surface area (Å²) in [6, 6.07) is 7.33. The van der Waals surface area contributed by atoms with Crippen LogP contribution in [0.25, 0.3) is 10.6 Å². The molecule has 0 fully saturated rings. The van der Waals surface area contributed by atoms with E-state index in [0.29, 0.717) is 5.56 Å². The van der Waals surface area contributed by atoms with Gasteiger partial charge in [0.1, 0.15) is 5.01 Å². The second-order valence-electron chi connectivity index (χ2n) is 4.93. The number of rotatable bonds is 6. The predicted molar refractivity (Wildman–Crippen MR) is 95.4 cm³/mol. The number of benzene rings is 1. The van der Waals surface area contributed by atoms with Crippen LogP contribution in [0.4, 0.5) is 0 Å². The summed E-state index contributed by atoms with van der Waals surface area (Å²) in [5.74, 6) is -0.396. The summed E-state index contributed by atoms with van der Waals surface area (Å²) in [6.07, 6.45) is 4.83. The van der Waals surface area contributed by atoms with E-state index in [9.17, 15) is 4.79 Å². The maximum Gasteiger partial charge on any atom is 0.248 e.